The number of rotatable bonds is 4. The van der Waals surface area contributed by atoms with Gasteiger partial charge in [-0.2, -0.15) is 0 Å². The number of imidazole rings is 1. The molecule has 0 bridgehead atoms. The number of ether oxygens (including phenoxy) is 2. The molecule has 3 aromatic rings. The molecule has 1 aliphatic heterocycles. The second-order valence-electron chi connectivity index (χ2n) is 6.69. The molecule has 0 unspecified atom stereocenters. The number of phenolic OH excluding ortho intramolecular Hbond substituents is 1. The third-order valence-electron chi connectivity index (χ3n) is 4.97. The number of aromatic hydroxyl groups is 1. The lowest BCUT2D eigenvalue weighted by molar-refractivity contribution is 0.0950. The van der Waals surface area contributed by atoms with Crippen LogP contribution in [0.15, 0.2) is 42.5 Å². The number of carbonyl (C=O) groups excluding carboxylic acids is 1. The fourth-order valence-electron chi connectivity index (χ4n) is 3.46. The molecule has 1 atom stereocenters. The molecule has 7 nitrogen and oxygen atoms in total. The maximum Gasteiger partial charge on any atom is 0.271 e. The van der Waals surface area contributed by atoms with Gasteiger partial charge in [0.2, 0.25) is 0 Å². The van der Waals surface area contributed by atoms with Crippen molar-refractivity contribution in [3.05, 3.63) is 59.4 Å². The number of hydrogen-bond donors (Lipinski definition) is 3. The van der Waals surface area contributed by atoms with E-state index in [2.05, 4.69) is 15.3 Å². The summed E-state index contributed by atoms with van der Waals surface area (Å²) >= 11 is 0. The molecule has 0 radical (unpaired) electrons. The monoisotopic (exact) mass is 379 g/mol. The van der Waals surface area contributed by atoms with Crippen molar-refractivity contribution in [2.24, 2.45) is 0 Å². The minimum absolute atomic E-state index is 0.0511. The predicted octanol–water partition coefficient (Wildman–Crippen LogP) is 2.87. The topological polar surface area (TPSA) is 96.5 Å². The first-order valence-corrected chi connectivity index (χ1v) is 8.97. The summed E-state index contributed by atoms with van der Waals surface area (Å²) in [5.74, 6) is 1.65. The molecule has 144 valence electrons. The minimum atomic E-state index is -0.200. The molecule has 0 saturated heterocycles. The Balaban J connectivity index is 1.69. The highest BCUT2D eigenvalue weighted by atomic mass is 16.5. The first kappa shape index (κ1) is 17.9. The minimum Gasteiger partial charge on any atom is -0.504 e. The third-order valence-corrected chi connectivity index (χ3v) is 4.97. The van der Waals surface area contributed by atoms with E-state index >= 15 is 0 Å². The molecule has 7 heteroatoms. The van der Waals surface area contributed by atoms with Gasteiger partial charge in [0.25, 0.3) is 5.91 Å². The quantitative estimate of drug-likeness (QED) is 0.648. The number of aromatic amines is 1. The summed E-state index contributed by atoms with van der Waals surface area (Å²) in [6.07, 6.45) is 0.642. The summed E-state index contributed by atoms with van der Waals surface area (Å²) in [5, 5.41) is 12.8. The van der Waals surface area contributed by atoms with Crippen LogP contribution in [0, 0.1) is 0 Å². The molecule has 0 aliphatic carbocycles. The van der Waals surface area contributed by atoms with Crippen LogP contribution in [0.5, 0.6) is 17.2 Å². The Kier molecular flexibility index (Phi) is 4.65. The Bertz CT molecular complexity index is 1030. The molecule has 0 saturated carbocycles. The molecule has 28 heavy (non-hydrogen) atoms. The van der Waals surface area contributed by atoms with Gasteiger partial charge in [-0.1, -0.05) is 12.1 Å². The predicted molar refractivity (Wildman–Crippen MR) is 104 cm³/mol. The number of amides is 1. The third kappa shape index (κ3) is 3.26. The van der Waals surface area contributed by atoms with Crippen molar-refractivity contribution in [1.29, 1.82) is 0 Å². The lowest BCUT2D eigenvalue weighted by atomic mass is 9.94. The summed E-state index contributed by atoms with van der Waals surface area (Å²) in [6, 6.07) is 12.8. The zero-order valence-corrected chi connectivity index (χ0v) is 15.7. The van der Waals surface area contributed by atoms with E-state index in [1.807, 2.05) is 24.3 Å². The summed E-state index contributed by atoms with van der Waals surface area (Å²) < 4.78 is 10.5. The summed E-state index contributed by atoms with van der Waals surface area (Å²) in [4.78, 5) is 20.3. The number of aromatic nitrogens is 2. The Morgan fingerprint density at radius 2 is 2.00 bits per heavy atom. The van der Waals surface area contributed by atoms with E-state index < -0.39 is 0 Å². The molecule has 2 aromatic carbocycles. The zero-order chi connectivity index (χ0) is 19.7. The number of phenols is 1. The van der Waals surface area contributed by atoms with Gasteiger partial charge in [0, 0.05) is 23.7 Å². The van der Waals surface area contributed by atoms with Gasteiger partial charge >= 0.3 is 0 Å². The zero-order valence-electron chi connectivity index (χ0n) is 15.7. The Morgan fingerprint density at radius 3 is 2.79 bits per heavy atom. The largest absolute Gasteiger partial charge is 0.504 e. The highest BCUT2D eigenvalue weighted by Crippen LogP contribution is 2.32. The molecule has 3 N–H and O–H groups in total. The van der Waals surface area contributed by atoms with Crippen LogP contribution in [-0.2, 0) is 6.42 Å². The van der Waals surface area contributed by atoms with Crippen molar-refractivity contribution in [1.82, 2.24) is 15.3 Å². The fraction of sp³-hybridized carbons (Fsp3) is 0.238. The highest BCUT2D eigenvalue weighted by Gasteiger charge is 2.27. The lowest BCUT2D eigenvalue weighted by Crippen LogP contribution is -2.26. The van der Waals surface area contributed by atoms with Crippen molar-refractivity contribution in [3.63, 3.8) is 0 Å². The molecular formula is C21H21N3O4. The van der Waals surface area contributed by atoms with Crippen LogP contribution in [0.1, 0.15) is 27.7 Å². The smallest absolute Gasteiger partial charge is 0.271 e. The van der Waals surface area contributed by atoms with Gasteiger partial charge in [-0.05, 0) is 42.3 Å². The molecule has 0 fully saturated rings. The lowest BCUT2D eigenvalue weighted by Gasteiger charge is -2.15. The average Bonchev–Trinajstić information content (AvgIpc) is 3.08. The van der Waals surface area contributed by atoms with Crippen LogP contribution in [0.25, 0.3) is 11.4 Å². The normalized spacial score (nSPS) is 16.1. The fourth-order valence-corrected chi connectivity index (χ4v) is 3.46. The molecule has 4 rings (SSSR count). The van der Waals surface area contributed by atoms with Crippen LogP contribution in [0.3, 0.4) is 0 Å². The van der Waals surface area contributed by atoms with Crippen LogP contribution in [0.2, 0.25) is 0 Å². The van der Waals surface area contributed by atoms with E-state index in [9.17, 15) is 9.90 Å². The van der Waals surface area contributed by atoms with Crippen LogP contribution in [-0.4, -0.2) is 41.7 Å². The average molecular weight is 379 g/mol. The van der Waals surface area contributed by atoms with Gasteiger partial charge in [0.1, 0.15) is 17.3 Å². The molecule has 1 aromatic heterocycles. The molecule has 2 heterocycles. The van der Waals surface area contributed by atoms with Crippen molar-refractivity contribution >= 4 is 5.91 Å². The SMILES string of the molecule is COc1cccc([C@@H]2CNC(=O)c3nc(-c4ccc(O)c(OC)c4)[nH]c3C2)c1. The summed E-state index contributed by atoms with van der Waals surface area (Å²) in [5.41, 5.74) is 3.00. The van der Waals surface area contributed by atoms with E-state index in [-0.39, 0.29) is 17.6 Å². The van der Waals surface area contributed by atoms with E-state index in [1.165, 1.54) is 7.11 Å². The molecule has 1 aliphatic rings. The van der Waals surface area contributed by atoms with E-state index in [4.69, 9.17) is 9.47 Å². The van der Waals surface area contributed by atoms with Gasteiger partial charge in [-0.15, -0.1) is 0 Å². The number of hydrogen-bond acceptors (Lipinski definition) is 5. The summed E-state index contributed by atoms with van der Waals surface area (Å²) in [7, 11) is 3.13. The van der Waals surface area contributed by atoms with Crippen LogP contribution in [0.4, 0.5) is 0 Å². The number of methoxy groups -OCH3 is 2. The van der Waals surface area contributed by atoms with Crippen molar-refractivity contribution in [2.75, 3.05) is 20.8 Å². The van der Waals surface area contributed by atoms with E-state index in [0.29, 0.717) is 30.2 Å². The van der Waals surface area contributed by atoms with Gasteiger partial charge in [0.05, 0.1) is 14.2 Å². The maximum atomic E-state index is 12.5. The number of carbonyl (C=O) groups is 1. The first-order chi connectivity index (χ1) is 13.6. The maximum absolute atomic E-state index is 12.5. The van der Waals surface area contributed by atoms with Crippen molar-refractivity contribution < 1.29 is 19.4 Å². The van der Waals surface area contributed by atoms with Crippen LogP contribution >= 0.6 is 0 Å². The van der Waals surface area contributed by atoms with Gasteiger partial charge in [-0.25, -0.2) is 4.98 Å². The molecular weight excluding hydrogens is 358 g/mol. The molecule has 1 amide bonds. The van der Waals surface area contributed by atoms with Gasteiger partial charge < -0.3 is 24.9 Å². The highest BCUT2D eigenvalue weighted by molar-refractivity contribution is 5.94. The van der Waals surface area contributed by atoms with E-state index in [1.54, 1.807) is 25.3 Å². The number of nitrogens with zero attached hydrogens (tertiary/aromatic N) is 1. The number of benzene rings is 2. The second kappa shape index (κ2) is 7.26. The van der Waals surface area contributed by atoms with E-state index in [0.717, 1.165) is 22.6 Å². The van der Waals surface area contributed by atoms with Crippen molar-refractivity contribution in [3.8, 4) is 28.6 Å². The number of fused-ring (bicyclic) bond motifs is 1. The van der Waals surface area contributed by atoms with Crippen molar-refractivity contribution in [2.45, 2.75) is 12.3 Å². The number of H-pyrrole nitrogens is 1. The van der Waals surface area contributed by atoms with Crippen LogP contribution < -0.4 is 14.8 Å². The number of nitrogens with one attached hydrogen (secondary N) is 2. The molecule has 0 spiro atoms. The summed E-state index contributed by atoms with van der Waals surface area (Å²) in [6.45, 7) is 0.526. The Morgan fingerprint density at radius 1 is 1.14 bits per heavy atom. The van der Waals surface area contributed by atoms with Gasteiger partial charge in [-0.3, -0.25) is 4.79 Å². The Hall–Kier alpha value is -3.48. The second-order valence-corrected chi connectivity index (χ2v) is 6.69. The standard InChI is InChI=1S/C21H21N3O4/c1-27-15-5-3-4-12(8-15)14-9-16-19(21(26)22-11-14)24-20(23-16)13-6-7-17(25)18(10-13)28-2/h3-8,10,14,25H,9,11H2,1-2H3,(H,22,26)(H,23,24)/t14-/m0/s1. The first-order valence-electron chi connectivity index (χ1n) is 8.97. The van der Waals surface area contributed by atoms with Gasteiger partial charge in [0.15, 0.2) is 11.5 Å². The Labute approximate surface area is 162 Å².